The quantitative estimate of drug-likeness (QED) is 0.462. The van der Waals surface area contributed by atoms with Crippen LogP contribution < -0.4 is 16.6 Å². The molecule has 12 heteroatoms. The van der Waals surface area contributed by atoms with E-state index in [1.165, 1.54) is 12.3 Å². The third kappa shape index (κ3) is 4.11. The molecule has 1 aromatic carbocycles. The van der Waals surface area contributed by atoms with E-state index in [-0.39, 0.29) is 34.4 Å². The number of pyridine rings is 1. The van der Waals surface area contributed by atoms with Gasteiger partial charge in [0.1, 0.15) is 11.5 Å². The number of H-pyrrole nitrogens is 1. The summed E-state index contributed by atoms with van der Waals surface area (Å²) in [6.07, 6.45) is 4.11. The number of nitrogens with one attached hydrogen (secondary N) is 2. The molecule has 3 aromatic heterocycles. The molecule has 0 bridgehead atoms. The van der Waals surface area contributed by atoms with Crippen molar-refractivity contribution in [3.63, 3.8) is 0 Å². The Bertz CT molecular complexity index is 1540. The number of benzene rings is 1. The molecule has 35 heavy (non-hydrogen) atoms. The van der Waals surface area contributed by atoms with E-state index in [0.717, 1.165) is 33.5 Å². The van der Waals surface area contributed by atoms with Crippen molar-refractivity contribution in [2.45, 2.75) is 37.8 Å². The van der Waals surface area contributed by atoms with Gasteiger partial charge in [0.2, 0.25) is 0 Å². The number of aromatic nitrogens is 5. The maximum Gasteiger partial charge on any atom is 0.337 e. The second-order valence-electron chi connectivity index (χ2n) is 8.35. The Hall–Kier alpha value is -4.22. The molecule has 1 aliphatic carbocycles. The van der Waals surface area contributed by atoms with Crippen molar-refractivity contribution >= 4 is 16.9 Å². The summed E-state index contributed by atoms with van der Waals surface area (Å²) in [6, 6.07) is 4.64. The van der Waals surface area contributed by atoms with E-state index < -0.39 is 34.7 Å². The molecular formula is C23H19F3N6O3. The Balaban J connectivity index is 1.52. The van der Waals surface area contributed by atoms with E-state index in [1.807, 2.05) is 0 Å². The summed E-state index contributed by atoms with van der Waals surface area (Å²) < 4.78 is 43.4. The number of aromatic amines is 1. The molecule has 1 fully saturated rings. The fourth-order valence-corrected chi connectivity index (χ4v) is 4.49. The molecular weight excluding hydrogens is 465 g/mol. The smallest absolute Gasteiger partial charge is 0.337 e. The van der Waals surface area contributed by atoms with Crippen LogP contribution in [0, 0.1) is 17.5 Å². The van der Waals surface area contributed by atoms with Crippen LogP contribution in [0.15, 0.2) is 52.3 Å². The van der Waals surface area contributed by atoms with Crippen LogP contribution in [-0.4, -0.2) is 36.3 Å². The largest absolute Gasteiger partial charge is 0.348 e. The van der Waals surface area contributed by atoms with Crippen LogP contribution in [-0.2, 0) is 0 Å². The number of fused-ring (bicyclic) bond motifs is 1. The Morgan fingerprint density at radius 2 is 1.80 bits per heavy atom. The second-order valence-corrected chi connectivity index (χ2v) is 8.35. The first-order chi connectivity index (χ1) is 16.8. The Labute approximate surface area is 195 Å². The number of carbonyl (C=O) groups excluding carboxylic acids is 1. The summed E-state index contributed by atoms with van der Waals surface area (Å²) in [5.41, 5.74) is -1.48. The third-order valence-electron chi connectivity index (χ3n) is 6.18. The van der Waals surface area contributed by atoms with Gasteiger partial charge in [-0.15, -0.1) is 0 Å². The van der Waals surface area contributed by atoms with E-state index in [4.69, 9.17) is 0 Å². The molecule has 3 heterocycles. The molecule has 1 aliphatic rings. The Kier molecular flexibility index (Phi) is 5.71. The summed E-state index contributed by atoms with van der Waals surface area (Å²) in [5, 5.41) is 9.13. The number of hydrogen-bond donors (Lipinski definition) is 2. The van der Waals surface area contributed by atoms with Crippen molar-refractivity contribution in [2.24, 2.45) is 0 Å². The van der Waals surface area contributed by atoms with E-state index >= 15 is 0 Å². The van der Waals surface area contributed by atoms with Gasteiger partial charge in [-0.05, 0) is 49.9 Å². The van der Waals surface area contributed by atoms with Crippen LogP contribution in [0.25, 0.3) is 16.7 Å². The highest BCUT2D eigenvalue weighted by Crippen LogP contribution is 2.27. The minimum atomic E-state index is -1.18. The molecule has 2 N–H and O–H groups in total. The minimum Gasteiger partial charge on any atom is -0.348 e. The Morgan fingerprint density at radius 3 is 2.49 bits per heavy atom. The first-order valence-electron chi connectivity index (χ1n) is 10.9. The molecule has 9 nitrogen and oxygen atoms in total. The second kappa shape index (κ2) is 8.85. The zero-order valence-electron chi connectivity index (χ0n) is 18.2. The molecule has 0 spiro atoms. The fourth-order valence-electron chi connectivity index (χ4n) is 4.49. The zero-order chi connectivity index (χ0) is 24.7. The number of carbonyl (C=O) groups is 1. The minimum absolute atomic E-state index is 0.0493. The summed E-state index contributed by atoms with van der Waals surface area (Å²) in [7, 11) is 0. The molecule has 0 atom stereocenters. The lowest BCUT2D eigenvalue weighted by Gasteiger charge is -2.30. The monoisotopic (exact) mass is 484 g/mol. The summed E-state index contributed by atoms with van der Waals surface area (Å²) in [4.78, 5) is 42.9. The average molecular weight is 484 g/mol. The van der Waals surface area contributed by atoms with Gasteiger partial charge in [0.25, 0.3) is 11.5 Å². The van der Waals surface area contributed by atoms with Crippen molar-refractivity contribution in [1.82, 2.24) is 29.6 Å². The molecule has 0 unspecified atom stereocenters. The molecule has 0 aliphatic heterocycles. The molecule has 5 rings (SSSR count). The van der Waals surface area contributed by atoms with Crippen LogP contribution in [0.3, 0.4) is 0 Å². The van der Waals surface area contributed by atoms with Crippen molar-refractivity contribution in [2.75, 3.05) is 0 Å². The molecule has 180 valence electrons. The summed E-state index contributed by atoms with van der Waals surface area (Å²) >= 11 is 0. The van der Waals surface area contributed by atoms with Gasteiger partial charge < -0.3 is 5.32 Å². The van der Waals surface area contributed by atoms with Gasteiger partial charge in [0.15, 0.2) is 17.3 Å². The summed E-state index contributed by atoms with van der Waals surface area (Å²) in [6.45, 7) is 0. The molecule has 1 saturated carbocycles. The average Bonchev–Trinajstić information content (AvgIpc) is 3.38. The summed E-state index contributed by atoms with van der Waals surface area (Å²) in [5.74, 6) is -3.40. The number of nitrogens with zero attached hydrogens (tertiary/aromatic N) is 4. The number of rotatable bonds is 4. The highest BCUT2D eigenvalue weighted by atomic mass is 19.2. The normalized spacial score (nSPS) is 18.0. The lowest BCUT2D eigenvalue weighted by Crippen LogP contribution is -2.45. The molecule has 0 saturated heterocycles. The fraction of sp³-hybridized carbons (Fsp3) is 0.261. The SMILES string of the molecule is O=C(NC1CCC(n2c(=O)c3cc(F)cnc3n(-c3ccc(F)c(F)c3)c2=O)CC1)c1cc[nH]n1. The highest BCUT2D eigenvalue weighted by Gasteiger charge is 2.28. The van der Waals surface area contributed by atoms with Crippen molar-refractivity contribution < 1.29 is 18.0 Å². The van der Waals surface area contributed by atoms with Crippen LogP contribution in [0.5, 0.6) is 0 Å². The first-order valence-corrected chi connectivity index (χ1v) is 10.9. The van der Waals surface area contributed by atoms with Gasteiger partial charge in [0.05, 0.1) is 17.3 Å². The highest BCUT2D eigenvalue weighted by molar-refractivity contribution is 5.92. The Morgan fingerprint density at radius 1 is 1.03 bits per heavy atom. The maximum atomic E-state index is 14.0. The standard InChI is InChI=1S/C23H19F3N6O3/c24-12-9-16-20(27-11-12)31(15-5-6-17(25)18(26)10-15)23(35)32(22(16)34)14-3-1-13(2-4-14)29-21(33)19-7-8-28-30-19/h5-11,13-14H,1-4H2,(H,28,30)(H,29,33). The number of halogens is 3. The van der Waals surface area contributed by atoms with E-state index in [1.54, 1.807) is 6.07 Å². The van der Waals surface area contributed by atoms with Gasteiger partial charge in [0, 0.05) is 24.3 Å². The lowest BCUT2D eigenvalue weighted by molar-refractivity contribution is 0.0917. The van der Waals surface area contributed by atoms with Crippen molar-refractivity contribution in [3.8, 4) is 5.69 Å². The van der Waals surface area contributed by atoms with Crippen molar-refractivity contribution in [1.29, 1.82) is 0 Å². The molecule has 0 radical (unpaired) electrons. The van der Waals surface area contributed by atoms with Crippen LogP contribution in [0.2, 0.25) is 0 Å². The lowest BCUT2D eigenvalue weighted by atomic mass is 9.90. The topological polar surface area (TPSA) is 115 Å². The molecule has 4 aromatic rings. The van der Waals surface area contributed by atoms with E-state index in [0.29, 0.717) is 25.7 Å². The predicted octanol–water partition coefficient (Wildman–Crippen LogP) is 2.60. The van der Waals surface area contributed by atoms with Crippen molar-refractivity contribution in [3.05, 3.63) is 86.7 Å². The van der Waals surface area contributed by atoms with Gasteiger partial charge in [-0.2, -0.15) is 5.10 Å². The van der Waals surface area contributed by atoms with Crippen LogP contribution >= 0.6 is 0 Å². The van der Waals surface area contributed by atoms with Gasteiger partial charge in [-0.25, -0.2) is 27.5 Å². The molecule has 1 amide bonds. The maximum absolute atomic E-state index is 14.0. The predicted molar refractivity (Wildman–Crippen MR) is 119 cm³/mol. The van der Waals surface area contributed by atoms with Crippen LogP contribution in [0.1, 0.15) is 42.2 Å². The zero-order valence-corrected chi connectivity index (χ0v) is 18.2. The number of hydrogen-bond acceptors (Lipinski definition) is 5. The van der Waals surface area contributed by atoms with E-state index in [2.05, 4.69) is 20.5 Å². The van der Waals surface area contributed by atoms with Gasteiger partial charge in [-0.3, -0.25) is 19.3 Å². The van der Waals surface area contributed by atoms with Crippen LogP contribution in [0.4, 0.5) is 13.2 Å². The third-order valence-corrected chi connectivity index (χ3v) is 6.18. The van der Waals surface area contributed by atoms with Gasteiger partial charge in [-0.1, -0.05) is 0 Å². The number of amides is 1. The van der Waals surface area contributed by atoms with E-state index in [9.17, 15) is 27.6 Å². The van der Waals surface area contributed by atoms with Gasteiger partial charge >= 0.3 is 5.69 Å². The first kappa shape index (κ1) is 22.6.